The molecule has 0 N–H and O–H groups in total. The van der Waals surface area contributed by atoms with E-state index in [1.807, 2.05) is 31.9 Å². The molecule has 0 fully saturated rings. The number of amides is 1. The van der Waals surface area contributed by atoms with Crippen molar-refractivity contribution in [3.05, 3.63) is 39.3 Å². The van der Waals surface area contributed by atoms with Crippen molar-refractivity contribution >= 4 is 17.2 Å². The topological polar surface area (TPSA) is 38.1 Å². The Morgan fingerprint density at radius 1 is 1.57 bits per heavy atom. The van der Waals surface area contributed by atoms with Gasteiger partial charge in [-0.3, -0.25) is 9.48 Å². The van der Waals surface area contributed by atoms with Crippen LogP contribution in [0, 0.1) is 5.92 Å². The molecule has 0 aliphatic heterocycles. The Morgan fingerprint density at radius 3 is 3.10 bits per heavy atom. The summed E-state index contributed by atoms with van der Waals surface area (Å²) in [6, 6.07) is 0. The number of rotatable bonds is 3. The van der Waals surface area contributed by atoms with Crippen LogP contribution in [0.25, 0.3) is 0 Å². The summed E-state index contributed by atoms with van der Waals surface area (Å²) >= 11 is 1.75. The normalized spacial score (nSPS) is 17.6. The maximum absolute atomic E-state index is 12.7. The van der Waals surface area contributed by atoms with Gasteiger partial charge in [-0.1, -0.05) is 6.92 Å². The van der Waals surface area contributed by atoms with Crippen molar-refractivity contribution in [1.29, 1.82) is 0 Å². The van der Waals surface area contributed by atoms with Crippen LogP contribution in [0.1, 0.15) is 39.7 Å². The van der Waals surface area contributed by atoms with E-state index in [1.165, 1.54) is 16.9 Å². The molecule has 1 aliphatic rings. The Morgan fingerprint density at radius 2 is 2.38 bits per heavy atom. The molecule has 0 aromatic carbocycles. The standard InChI is InChI=1S/C16H21N3OS/c1-11-4-5-13-14(10-21-15(13)6-11)16(20)18(2)8-12-7-17-19(3)9-12/h7,9-11H,4-6,8H2,1-3H3. The van der Waals surface area contributed by atoms with E-state index in [0.717, 1.165) is 29.9 Å². The molecule has 0 bridgehead atoms. The zero-order valence-corrected chi connectivity index (χ0v) is 13.6. The van der Waals surface area contributed by atoms with Crippen LogP contribution in [0.15, 0.2) is 17.8 Å². The largest absolute Gasteiger partial charge is 0.337 e. The average Bonchev–Trinajstić information content (AvgIpc) is 3.03. The summed E-state index contributed by atoms with van der Waals surface area (Å²) in [7, 11) is 3.76. The summed E-state index contributed by atoms with van der Waals surface area (Å²) in [5.74, 6) is 0.873. The van der Waals surface area contributed by atoms with Gasteiger partial charge in [-0.05, 0) is 30.7 Å². The zero-order valence-electron chi connectivity index (χ0n) is 12.8. The fraction of sp³-hybridized carbons (Fsp3) is 0.500. The number of nitrogens with zero attached hydrogens (tertiary/aromatic N) is 3. The summed E-state index contributed by atoms with van der Waals surface area (Å²) < 4.78 is 1.77. The van der Waals surface area contributed by atoms with Gasteiger partial charge in [0.1, 0.15) is 0 Å². The summed E-state index contributed by atoms with van der Waals surface area (Å²) in [5, 5.41) is 6.20. The van der Waals surface area contributed by atoms with Crippen LogP contribution in [0.3, 0.4) is 0 Å². The Labute approximate surface area is 129 Å². The predicted molar refractivity (Wildman–Crippen MR) is 84.5 cm³/mol. The van der Waals surface area contributed by atoms with E-state index in [2.05, 4.69) is 12.0 Å². The van der Waals surface area contributed by atoms with Crippen LogP contribution in [-0.4, -0.2) is 27.6 Å². The van der Waals surface area contributed by atoms with Gasteiger partial charge in [-0.15, -0.1) is 11.3 Å². The Bertz CT molecular complexity index is 658. The molecule has 21 heavy (non-hydrogen) atoms. The van der Waals surface area contributed by atoms with Gasteiger partial charge in [0.05, 0.1) is 11.8 Å². The second kappa shape index (κ2) is 5.64. The quantitative estimate of drug-likeness (QED) is 0.874. The maximum atomic E-state index is 12.7. The molecule has 1 atom stereocenters. The first kappa shape index (κ1) is 14.3. The minimum atomic E-state index is 0.130. The first-order valence-electron chi connectivity index (χ1n) is 7.37. The lowest BCUT2D eigenvalue weighted by Gasteiger charge is -2.21. The van der Waals surface area contributed by atoms with Gasteiger partial charge < -0.3 is 4.90 Å². The number of aromatic nitrogens is 2. The highest BCUT2D eigenvalue weighted by atomic mass is 32.1. The summed E-state index contributed by atoms with van der Waals surface area (Å²) in [5.41, 5.74) is 3.26. The number of thiophene rings is 1. The highest BCUT2D eigenvalue weighted by molar-refractivity contribution is 7.10. The molecular weight excluding hydrogens is 282 g/mol. The van der Waals surface area contributed by atoms with Crippen LogP contribution >= 0.6 is 11.3 Å². The van der Waals surface area contributed by atoms with Gasteiger partial charge in [0.2, 0.25) is 0 Å². The molecule has 2 aromatic rings. The third-order valence-electron chi connectivity index (χ3n) is 4.16. The second-order valence-corrected chi connectivity index (χ2v) is 7.05. The fourth-order valence-electron chi connectivity index (χ4n) is 2.96. The summed E-state index contributed by atoms with van der Waals surface area (Å²) in [6.07, 6.45) is 7.13. The van der Waals surface area contributed by atoms with Crippen molar-refractivity contribution in [2.75, 3.05) is 7.05 Å². The van der Waals surface area contributed by atoms with E-state index >= 15 is 0 Å². The smallest absolute Gasteiger partial charge is 0.255 e. The van der Waals surface area contributed by atoms with Gasteiger partial charge in [0, 0.05) is 42.7 Å². The molecule has 0 saturated heterocycles. The van der Waals surface area contributed by atoms with Crippen molar-refractivity contribution in [1.82, 2.24) is 14.7 Å². The predicted octanol–water partition coefficient (Wildman–Crippen LogP) is 2.88. The Balaban J connectivity index is 1.76. The lowest BCUT2D eigenvalue weighted by atomic mass is 9.88. The third kappa shape index (κ3) is 2.88. The summed E-state index contributed by atoms with van der Waals surface area (Å²) in [4.78, 5) is 15.9. The Kier molecular flexibility index (Phi) is 3.85. The molecule has 3 rings (SSSR count). The van der Waals surface area contributed by atoms with Crippen molar-refractivity contribution in [2.24, 2.45) is 13.0 Å². The van der Waals surface area contributed by atoms with Gasteiger partial charge in [-0.2, -0.15) is 5.10 Å². The number of fused-ring (bicyclic) bond motifs is 1. The molecule has 1 unspecified atom stereocenters. The SMILES string of the molecule is CC1CCc2c(C(=O)N(C)Cc3cnn(C)c3)csc2C1. The van der Waals surface area contributed by atoms with Crippen molar-refractivity contribution < 1.29 is 4.79 Å². The van der Waals surface area contributed by atoms with Crippen LogP contribution in [0.2, 0.25) is 0 Å². The number of carbonyl (C=O) groups is 1. The van der Waals surface area contributed by atoms with Crippen LogP contribution in [0.4, 0.5) is 0 Å². The molecule has 2 aromatic heterocycles. The molecular formula is C16H21N3OS. The van der Waals surface area contributed by atoms with E-state index in [9.17, 15) is 4.79 Å². The second-order valence-electron chi connectivity index (χ2n) is 6.08. The monoisotopic (exact) mass is 303 g/mol. The molecule has 112 valence electrons. The average molecular weight is 303 g/mol. The van der Waals surface area contributed by atoms with Gasteiger partial charge in [0.25, 0.3) is 5.91 Å². The minimum absolute atomic E-state index is 0.130. The first-order valence-corrected chi connectivity index (χ1v) is 8.24. The van der Waals surface area contributed by atoms with Crippen LogP contribution < -0.4 is 0 Å². The Hall–Kier alpha value is -1.62. The maximum Gasteiger partial charge on any atom is 0.255 e. The van der Waals surface area contributed by atoms with E-state index in [4.69, 9.17) is 0 Å². The lowest BCUT2D eigenvalue weighted by Crippen LogP contribution is -2.27. The summed E-state index contributed by atoms with van der Waals surface area (Å²) in [6.45, 7) is 2.90. The fourth-order valence-corrected chi connectivity index (χ4v) is 4.20. The van der Waals surface area contributed by atoms with Crippen LogP contribution in [-0.2, 0) is 26.4 Å². The van der Waals surface area contributed by atoms with E-state index in [1.54, 1.807) is 20.9 Å². The molecule has 2 heterocycles. The highest BCUT2D eigenvalue weighted by Crippen LogP contribution is 2.33. The number of hydrogen-bond donors (Lipinski definition) is 0. The molecule has 0 spiro atoms. The number of carbonyl (C=O) groups excluding carboxylic acids is 1. The molecule has 0 radical (unpaired) electrons. The van der Waals surface area contributed by atoms with E-state index in [-0.39, 0.29) is 5.91 Å². The van der Waals surface area contributed by atoms with Gasteiger partial charge >= 0.3 is 0 Å². The van der Waals surface area contributed by atoms with Gasteiger partial charge in [-0.25, -0.2) is 0 Å². The van der Waals surface area contributed by atoms with Crippen molar-refractivity contribution in [2.45, 2.75) is 32.7 Å². The number of hydrogen-bond acceptors (Lipinski definition) is 3. The molecule has 4 nitrogen and oxygen atoms in total. The minimum Gasteiger partial charge on any atom is -0.337 e. The van der Waals surface area contributed by atoms with E-state index in [0.29, 0.717) is 6.54 Å². The molecule has 5 heteroatoms. The highest BCUT2D eigenvalue weighted by Gasteiger charge is 2.24. The van der Waals surface area contributed by atoms with Crippen LogP contribution in [0.5, 0.6) is 0 Å². The zero-order chi connectivity index (χ0) is 15.0. The third-order valence-corrected chi connectivity index (χ3v) is 5.21. The van der Waals surface area contributed by atoms with Crippen molar-refractivity contribution in [3.63, 3.8) is 0 Å². The lowest BCUT2D eigenvalue weighted by molar-refractivity contribution is 0.0784. The first-order chi connectivity index (χ1) is 10.0. The van der Waals surface area contributed by atoms with Crippen molar-refractivity contribution in [3.8, 4) is 0 Å². The van der Waals surface area contributed by atoms with Gasteiger partial charge in [0.15, 0.2) is 0 Å². The molecule has 0 saturated carbocycles. The number of aryl methyl sites for hydroxylation is 1. The molecule has 1 aliphatic carbocycles. The van der Waals surface area contributed by atoms with E-state index < -0.39 is 0 Å². The molecule has 1 amide bonds.